The van der Waals surface area contributed by atoms with Crippen LogP contribution in [0.15, 0.2) is 24.3 Å². The van der Waals surface area contributed by atoms with Crippen molar-refractivity contribution in [2.45, 2.75) is 12.8 Å². The summed E-state index contributed by atoms with van der Waals surface area (Å²) < 4.78 is 33.1. The molecule has 0 spiro atoms. The van der Waals surface area contributed by atoms with Gasteiger partial charge in [0.1, 0.15) is 13.2 Å². The predicted octanol–water partition coefficient (Wildman–Crippen LogP) is -0.0936. The van der Waals surface area contributed by atoms with E-state index in [2.05, 4.69) is 32.1 Å². The fraction of sp³-hybridized carbons (Fsp3) is 0.545. The number of rotatable bonds is 16. The van der Waals surface area contributed by atoms with Gasteiger partial charge < -0.3 is 33.2 Å². The van der Waals surface area contributed by atoms with Crippen molar-refractivity contribution < 1.29 is 61.9 Å². The second-order valence-electron chi connectivity index (χ2n) is 6.65. The fourth-order valence-corrected chi connectivity index (χ4v) is 2.44. The van der Waals surface area contributed by atoms with Gasteiger partial charge in [-0.05, 0) is 0 Å². The Balaban J connectivity index is 4.45. The molecule has 0 saturated carbocycles. The van der Waals surface area contributed by atoms with Gasteiger partial charge in [-0.2, -0.15) is 0 Å². The summed E-state index contributed by atoms with van der Waals surface area (Å²) >= 11 is 0. The van der Waals surface area contributed by atoms with Crippen LogP contribution in [0.1, 0.15) is 12.8 Å². The first-order valence-electron chi connectivity index (χ1n) is 10.1. The molecule has 0 heterocycles. The van der Waals surface area contributed by atoms with E-state index in [4.69, 9.17) is 14.2 Å². The third kappa shape index (κ3) is 11.3. The SMILES string of the molecule is C=C(C(=O)OCCOCCOC(=O)C(=C)C(CC(=O)OC)C(=O)OC)C(CC(=O)OC)C(=O)OC. The van der Waals surface area contributed by atoms with Gasteiger partial charge >= 0.3 is 35.8 Å². The zero-order valence-electron chi connectivity index (χ0n) is 20.1. The summed E-state index contributed by atoms with van der Waals surface area (Å²) in [5.41, 5.74) is -0.580. The summed E-state index contributed by atoms with van der Waals surface area (Å²) in [5.74, 6) is -7.57. The lowest BCUT2D eigenvalue weighted by atomic mass is 9.97. The summed E-state index contributed by atoms with van der Waals surface area (Å²) in [6, 6.07) is 0. The van der Waals surface area contributed by atoms with E-state index in [9.17, 15) is 28.8 Å². The Morgan fingerprint density at radius 3 is 1.20 bits per heavy atom. The van der Waals surface area contributed by atoms with Gasteiger partial charge in [-0.25, -0.2) is 9.59 Å². The smallest absolute Gasteiger partial charge is 0.334 e. The van der Waals surface area contributed by atoms with Crippen molar-refractivity contribution in [3.8, 4) is 0 Å². The van der Waals surface area contributed by atoms with E-state index < -0.39 is 60.5 Å². The average Bonchev–Trinajstić information content (AvgIpc) is 2.87. The van der Waals surface area contributed by atoms with Gasteiger partial charge in [0.05, 0.1) is 66.3 Å². The summed E-state index contributed by atoms with van der Waals surface area (Å²) in [6.07, 6.45) is -0.887. The first-order valence-corrected chi connectivity index (χ1v) is 10.1. The Morgan fingerprint density at radius 1 is 0.571 bits per heavy atom. The first kappa shape index (κ1) is 31.3. The number of carbonyl (C=O) groups excluding carboxylic acids is 6. The molecule has 13 nitrogen and oxygen atoms in total. The van der Waals surface area contributed by atoms with Crippen LogP contribution in [-0.4, -0.2) is 90.7 Å². The summed E-state index contributed by atoms with van der Waals surface area (Å²) in [5, 5.41) is 0. The van der Waals surface area contributed by atoms with Gasteiger partial charge in [0, 0.05) is 11.1 Å². The Bertz CT molecular complexity index is 748. The van der Waals surface area contributed by atoms with E-state index >= 15 is 0 Å². The normalized spacial score (nSPS) is 11.8. The molecule has 196 valence electrons. The highest BCUT2D eigenvalue weighted by atomic mass is 16.6. The van der Waals surface area contributed by atoms with E-state index in [1.807, 2.05) is 0 Å². The molecule has 0 aromatic carbocycles. The van der Waals surface area contributed by atoms with Crippen LogP contribution in [0.5, 0.6) is 0 Å². The maximum absolute atomic E-state index is 12.1. The van der Waals surface area contributed by atoms with Gasteiger partial charge in [0.25, 0.3) is 0 Å². The highest BCUT2D eigenvalue weighted by Crippen LogP contribution is 2.19. The van der Waals surface area contributed by atoms with E-state index in [1.54, 1.807) is 0 Å². The fourth-order valence-electron chi connectivity index (χ4n) is 2.44. The minimum atomic E-state index is -1.26. The molecule has 0 aliphatic heterocycles. The van der Waals surface area contributed by atoms with Gasteiger partial charge in [0.15, 0.2) is 0 Å². The maximum Gasteiger partial charge on any atom is 0.334 e. The molecule has 35 heavy (non-hydrogen) atoms. The van der Waals surface area contributed by atoms with Crippen LogP contribution in [0.4, 0.5) is 0 Å². The van der Waals surface area contributed by atoms with E-state index in [1.165, 1.54) is 0 Å². The maximum atomic E-state index is 12.1. The highest BCUT2D eigenvalue weighted by molar-refractivity contribution is 5.97. The van der Waals surface area contributed by atoms with Gasteiger partial charge in [-0.1, -0.05) is 13.2 Å². The molecule has 0 saturated heterocycles. The largest absolute Gasteiger partial charge is 0.469 e. The number of esters is 6. The molecule has 0 rings (SSSR count). The molecule has 0 amide bonds. The van der Waals surface area contributed by atoms with Crippen molar-refractivity contribution in [1.82, 2.24) is 0 Å². The Morgan fingerprint density at radius 2 is 0.914 bits per heavy atom. The number of ether oxygens (including phenoxy) is 7. The summed E-state index contributed by atoms with van der Waals surface area (Å²) in [7, 11) is 4.44. The molecule has 2 unspecified atom stereocenters. The molecular formula is C22H30O13. The lowest BCUT2D eigenvalue weighted by molar-refractivity contribution is -0.153. The summed E-state index contributed by atoms with van der Waals surface area (Å²) in [4.78, 5) is 70.7. The zero-order valence-corrected chi connectivity index (χ0v) is 20.1. The van der Waals surface area contributed by atoms with Crippen LogP contribution in [0.2, 0.25) is 0 Å². The standard InChI is InChI=1S/C22H30O13/c1-13(15(21(27)31-5)11-17(23)29-3)19(25)34-9-7-33-8-10-35-20(26)14(2)16(22(28)32-6)12-18(24)30-4/h15-16H,1-2,7-12H2,3-6H3. The van der Waals surface area contributed by atoms with Crippen molar-refractivity contribution in [2.75, 3.05) is 54.9 Å². The zero-order chi connectivity index (χ0) is 27.0. The highest BCUT2D eigenvalue weighted by Gasteiger charge is 2.32. The van der Waals surface area contributed by atoms with E-state index in [-0.39, 0.29) is 37.6 Å². The molecule has 0 radical (unpaired) electrons. The molecule has 0 aliphatic rings. The quantitative estimate of drug-likeness (QED) is 0.119. The molecule has 0 fully saturated rings. The topological polar surface area (TPSA) is 167 Å². The van der Waals surface area contributed by atoms with Crippen LogP contribution in [0.3, 0.4) is 0 Å². The van der Waals surface area contributed by atoms with Crippen LogP contribution < -0.4 is 0 Å². The molecule has 13 heteroatoms. The Labute approximate surface area is 202 Å². The van der Waals surface area contributed by atoms with Crippen LogP contribution >= 0.6 is 0 Å². The second-order valence-corrected chi connectivity index (χ2v) is 6.65. The predicted molar refractivity (Wildman–Crippen MR) is 115 cm³/mol. The molecule has 0 aliphatic carbocycles. The molecular weight excluding hydrogens is 472 g/mol. The van der Waals surface area contributed by atoms with E-state index in [0.717, 1.165) is 28.4 Å². The van der Waals surface area contributed by atoms with E-state index in [0.29, 0.717) is 0 Å². The average molecular weight is 502 g/mol. The third-order valence-electron chi connectivity index (χ3n) is 4.46. The number of carbonyl (C=O) groups is 6. The number of methoxy groups -OCH3 is 4. The molecule has 0 N–H and O–H groups in total. The van der Waals surface area contributed by atoms with Gasteiger partial charge in [-0.15, -0.1) is 0 Å². The molecule has 0 aromatic rings. The Hall–Kier alpha value is -3.74. The van der Waals surface area contributed by atoms with Crippen molar-refractivity contribution in [2.24, 2.45) is 11.8 Å². The minimum Gasteiger partial charge on any atom is -0.469 e. The van der Waals surface area contributed by atoms with Crippen molar-refractivity contribution in [3.05, 3.63) is 24.3 Å². The molecule has 0 bridgehead atoms. The summed E-state index contributed by atoms with van der Waals surface area (Å²) in [6.45, 7) is 6.32. The van der Waals surface area contributed by atoms with Crippen LogP contribution in [0, 0.1) is 11.8 Å². The van der Waals surface area contributed by atoms with Crippen LogP contribution in [-0.2, 0) is 61.9 Å². The monoisotopic (exact) mass is 502 g/mol. The first-order chi connectivity index (χ1) is 16.5. The minimum absolute atomic E-state index is 0.0927. The van der Waals surface area contributed by atoms with Gasteiger partial charge in [-0.3, -0.25) is 19.2 Å². The second kappa shape index (κ2) is 16.8. The van der Waals surface area contributed by atoms with Crippen LogP contribution in [0.25, 0.3) is 0 Å². The van der Waals surface area contributed by atoms with Crippen molar-refractivity contribution in [3.63, 3.8) is 0 Å². The number of hydrogen-bond acceptors (Lipinski definition) is 13. The lowest BCUT2D eigenvalue weighted by Crippen LogP contribution is -2.27. The van der Waals surface area contributed by atoms with Crippen molar-refractivity contribution >= 4 is 35.8 Å². The van der Waals surface area contributed by atoms with Crippen molar-refractivity contribution in [1.29, 1.82) is 0 Å². The van der Waals surface area contributed by atoms with Gasteiger partial charge in [0.2, 0.25) is 0 Å². The Kier molecular flexibility index (Phi) is 15.0. The third-order valence-corrected chi connectivity index (χ3v) is 4.46. The lowest BCUT2D eigenvalue weighted by Gasteiger charge is -2.16. The number of hydrogen-bond donors (Lipinski definition) is 0. The molecule has 0 aromatic heterocycles. The molecule has 2 atom stereocenters.